The highest BCUT2D eigenvalue weighted by atomic mass is 16.5. The molecule has 0 fully saturated rings. The van der Waals surface area contributed by atoms with E-state index in [2.05, 4.69) is 15.2 Å². The molecule has 0 spiro atoms. The van der Waals surface area contributed by atoms with Crippen LogP contribution in [-0.2, 0) is 32.3 Å². The van der Waals surface area contributed by atoms with E-state index >= 15 is 0 Å². The number of ketones is 1. The molecule has 2 rings (SSSR count). The van der Waals surface area contributed by atoms with Gasteiger partial charge in [-0.25, -0.2) is 0 Å². The molecule has 0 atom stereocenters. The molecule has 1 aromatic carbocycles. The topological polar surface area (TPSA) is 108 Å². The smallest absolute Gasteiger partial charge is 0.325 e. The van der Waals surface area contributed by atoms with Crippen molar-refractivity contribution in [1.82, 2.24) is 10.5 Å². The highest BCUT2D eigenvalue weighted by molar-refractivity contribution is 5.96. The van der Waals surface area contributed by atoms with Crippen LogP contribution in [0.4, 0.5) is 0 Å². The van der Waals surface area contributed by atoms with Gasteiger partial charge in [-0.1, -0.05) is 35.5 Å². The molecule has 26 heavy (non-hydrogen) atoms. The Labute approximate surface area is 150 Å². The van der Waals surface area contributed by atoms with E-state index in [1.165, 1.54) is 13.2 Å². The lowest BCUT2D eigenvalue weighted by Crippen LogP contribution is -2.30. The number of nitrogens with one attached hydrogen (secondary N) is 1. The number of rotatable bonds is 10. The largest absolute Gasteiger partial charge is 0.468 e. The van der Waals surface area contributed by atoms with Gasteiger partial charge in [-0.2, -0.15) is 0 Å². The van der Waals surface area contributed by atoms with Crippen LogP contribution in [0.1, 0.15) is 34.7 Å². The number of amides is 1. The maximum atomic E-state index is 12.0. The predicted molar refractivity (Wildman–Crippen MR) is 90.0 cm³/mol. The maximum Gasteiger partial charge on any atom is 0.325 e. The van der Waals surface area contributed by atoms with Crippen molar-refractivity contribution in [2.75, 3.05) is 13.7 Å². The average molecular weight is 360 g/mol. The number of nitrogens with zero attached hydrogens (tertiary/aromatic N) is 1. The minimum Gasteiger partial charge on any atom is -0.468 e. The summed E-state index contributed by atoms with van der Waals surface area (Å²) in [5, 5.41) is 6.06. The third kappa shape index (κ3) is 6.48. The second-order valence-electron chi connectivity index (χ2n) is 5.43. The zero-order valence-electron chi connectivity index (χ0n) is 14.4. The van der Waals surface area contributed by atoms with E-state index < -0.39 is 11.9 Å². The Morgan fingerprint density at radius 1 is 1.12 bits per heavy atom. The number of methoxy groups -OCH3 is 1. The first-order chi connectivity index (χ1) is 12.6. The van der Waals surface area contributed by atoms with Crippen molar-refractivity contribution in [2.45, 2.75) is 26.1 Å². The van der Waals surface area contributed by atoms with E-state index in [1.54, 1.807) is 0 Å². The fourth-order valence-corrected chi connectivity index (χ4v) is 2.04. The number of Topliss-reactive ketones (excluding diaryl/α,β-unsaturated/α-hetero) is 1. The molecule has 0 radical (unpaired) electrons. The lowest BCUT2D eigenvalue weighted by atomic mass is 10.1. The molecule has 0 aliphatic heterocycles. The Kier molecular flexibility index (Phi) is 7.50. The van der Waals surface area contributed by atoms with Gasteiger partial charge in [0, 0.05) is 18.9 Å². The molecule has 1 N–H and O–H groups in total. The summed E-state index contributed by atoms with van der Waals surface area (Å²) in [7, 11) is 1.23. The lowest BCUT2D eigenvalue weighted by molar-refractivity contribution is -0.141. The monoisotopic (exact) mass is 360 g/mol. The van der Waals surface area contributed by atoms with Gasteiger partial charge in [0.2, 0.25) is 5.91 Å². The van der Waals surface area contributed by atoms with E-state index in [0.29, 0.717) is 12.4 Å². The third-order valence-electron chi connectivity index (χ3n) is 3.44. The molecule has 0 aliphatic carbocycles. The Balaban J connectivity index is 1.71. The van der Waals surface area contributed by atoms with E-state index in [4.69, 9.17) is 9.26 Å². The summed E-state index contributed by atoms with van der Waals surface area (Å²) >= 11 is 0. The summed E-state index contributed by atoms with van der Waals surface area (Å²) < 4.78 is 15.0. The highest BCUT2D eigenvalue weighted by Gasteiger charge is 2.15. The van der Waals surface area contributed by atoms with Crippen molar-refractivity contribution in [2.24, 2.45) is 0 Å². The van der Waals surface area contributed by atoms with Crippen LogP contribution in [0, 0.1) is 0 Å². The molecule has 0 saturated carbocycles. The van der Waals surface area contributed by atoms with Gasteiger partial charge in [-0.15, -0.1) is 0 Å². The summed E-state index contributed by atoms with van der Waals surface area (Å²) in [6.45, 7) is 0.385. The zero-order chi connectivity index (χ0) is 18.8. The molecule has 2 aromatic rings. The van der Waals surface area contributed by atoms with Crippen LogP contribution in [0.15, 0.2) is 40.9 Å². The first-order valence-corrected chi connectivity index (χ1v) is 8.02. The van der Waals surface area contributed by atoms with Gasteiger partial charge in [0.05, 0.1) is 13.7 Å². The standard InChI is InChI=1S/C18H20N2O6/c1-24-18(23)10-19-17(22)8-7-16(21)15-9-14(26-20-15)12-25-11-13-5-3-2-4-6-13/h2-6,9H,7-8,10-12H2,1H3,(H,19,22). The number of hydrogen-bond acceptors (Lipinski definition) is 7. The van der Waals surface area contributed by atoms with Crippen molar-refractivity contribution in [3.63, 3.8) is 0 Å². The Hall–Kier alpha value is -3.00. The SMILES string of the molecule is COC(=O)CNC(=O)CCC(=O)c1cc(COCc2ccccc2)on1. The Morgan fingerprint density at radius 2 is 1.88 bits per heavy atom. The van der Waals surface area contributed by atoms with Gasteiger partial charge in [-0.05, 0) is 5.56 Å². The first-order valence-electron chi connectivity index (χ1n) is 8.02. The minimum absolute atomic E-state index is 0.0378. The van der Waals surface area contributed by atoms with Crippen LogP contribution in [0.5, 0.6) is 0 Å². The lowest BCUT2D eigenvalue weighted by Gasteiger charge is -2.02. The van der Waals surface area contributed by atoms with Crippen LogP contribution < -0.4 is 5.32 Å². The van der Waals surface area contributed by atoms with Crippen molar-refractivity contribution < 1.29 is 28.4 Å². The number of carbonyl (C=O) groups is 3. The van der Waals surface area contributed by atoms with E-state index in [0.717, 1.165) is 5.56 Å². The molecular formula is C18H20N2O6. The van der Waals surface area contributed by atoms with Gasteiger partial charge in [0.25, 0.3) is 0 Å². The van der Waals surface area contributed by atoms with Gasteiger partial charge in [0.15, 0.2) is 11.5 Å². The molecule has 0 bridgehead atoms. The third-order valence-corrected chi connectivity index (χ3v) is 3.44. The molecule has 8 nitrogen and oxygen atoms in total. The van der Waals surface area contributed by atoms with Gasteiger partial charge in [0.1, 0.15) is 18.8 Å². The maximum absolute atomic E-state index is 12.0. The predicted octanol–water partition coefficient (Wildman–Crippen LogP) is 1.64. The van der Waals surface area contributed by atoms with Crippen molar-refractivity contribution in [1.29, 1.82) is 0 Å². The van der Waals surface area contributed by atoms with Gasteiger partial charge < -0.3 is 19.3 Å². The molecule has 1 amide bonds. The van der Waals surface area contributed by atoms with Crippen LogP contribution in [-0.4, -0.2) is 36.5 Å². The van der Waals surface area contributed by atoms with Crippen LogP contribution in [0.25, 0.3) is 0 Å². The molecule has 1 aromatic heterocycles. The van der Waals surface area contributed by atoms with Crippen molar-refractivity contribution >= 4 is 17.7 Å². The molecule has 8 heteroatoms. The average Bonchev–Trinajstić information content (AvgIpc) is 3.14. The number of aromatic nitrogens is 1. The zero-order valence-corrected chi connectivity index (χ0v) is 14.4. The summed E-state index contributed by atoms with van der Waals surface area (Å²) in [6, 6.07) is 11.2. The van der Waals surface area contributed by atoms with Crippen LogP contribution in [0.3, 0.4) is 0 Å². The Bertz CT molecular complexity index is 741. The molecule has 0 unspecified atom stereocenters. The number of carbonyl (C=O) groups excluding carboxylic acids is 3. The molecule has 0 saturated heterocycles. The number of esters is 1. The van der Waals surface area contributed by atoms with E-state index in [9.17, 15) is 14.4 Å². The molecule has 138 valence electrons. The van der Waals surface area contributed by atoms with E-state index in [-0.39, 0.29) is 37.5 Å². The molecule has 1 heterocycles. The number of ether oxygens (including phenoxy) is 2. The number of hydrogen-bond donors (Lipinski definition) is 1. The van der Waals surface area contributed by atoms with Crippen LogP contribution >= 0.6 is 0 Å². The van der Waals surface area contributed by atoms with Gasteiger partial charge in [-0.3, -0.25) is 14.4 Å². The van der Waals surface area contributed by atoms with Crippen molar-refractivity contribution in [3.8, 4) is 0 Å². The number of benzene rings is 1. The quantitative estimate of drug-likeness (QED) is 0.507. The Morgan fingerprint density at radius 3 is 2.62 bits per heavy atom. The van der Waals surface area contributed by atoms with E-state index in [1.807, 2.05) is 30.3 Å². The fraction of sp³-hybridized carbons (Fsp3) is 0.333. The minimum atomic E-state index is -0.554. The molecule has 0 aliphatic rings. The normalized spacial score (nSPS) is 10.3. The fourth-order valence-electron chi connectivity index (χ4n) is 2.04. The van der Waals surface area contributed by atoms with Gasteiger partial charge >= 0.3 is 5.97 Å². The summed E-state index contributed by atoms with van der Waals surface area (Å²) in [4.78, 5) is 34.5. The second kappa shape index (κ2) is 10.1. The summed E-state index contributed by atoms with van der Waals surface area (Å²) in [5.74, 6) is -0.865. The summed E-state index contributed by atoms with van der Waals surface area (Å²) in [6.07, 6.45) is -0.0909. The summed E-state index contributed by atoms with van der Waals surface area (Å²) in [5.41, 5.74) is 1.17. The van der Waals surface area contributed by atoms with Crippen molar-refractivity contribution in [3.05, 3.63) is 53.4 Å². The molecular weight excluding hydrogens is 340 g/mol. The van der Waals surface area contributed by atoms with Crippen LogP contribution in [0.2, 0.25) is 0 Å². The first kappa shape index (κ1) is 19.3. The second-order valence-corrected chi connectivity index (χ2v) is 5.43. The highest BCUT2D eigenvalue weighted by Crippen LogP contribution is 2.10.